The van der Waals surface area contributed by atoms with Crippen LogP contribution in [0.15, 0.2) is 12.1 Å². The van der Waals surface area contributed by atoms with E-state index < -0.39 is 0 Å². The second kappa shape index (κ2) is 13.8. The molecule has 0 radical (unpaired) electrons. The van der Waals surface area contributed by atoms with Crippen LogP contribution in [0.3, 0.4) is 0 Å². The summed E-state index contributed by atoms with van der Waals surface area (Å²) in [6.07, 6.45) is 12.3. The Morgan fingerprint density at radius 1 is 0.559 bits per heavy atom. The van der Waals surface area contributed by atoms with Gasteiger partial charge in [-0.1, -0.05) is 79.9 Å². The van der Waals surface area contributed by atoms with Gasteiger partial charge in [-0.15, -0.1) is 0 Å². The number of benzene rings is 2. The van der Waals surface area contributed by atoms with E-state index in [0.717, 1.165) is 99.3 Å². The Labute approximate surface area is 209 Å². The molecule has 0 aliphatic heterocycles. The summed E-state index contributed by atoms with van der Waals surface area (Å²) in [5.41, 5.74) is 10.1. The van der Waals surface area contributed by atoms with Crippen LogP contribution in [0.4, 0.5) is 0 Å². The van der Waals surface area contributed by atoms with E-state index in [1.165, 1.54) is 22.3 Å². The summed E-state index contributed by atoms with van der Waals surface area (Å²) < 4.78 is 0. The van der Waals surface area contributed by atoms with Crippen molar-refractivity contribution in [3.8, 4) is 11.5 Å². The molecule has 0 bridgehead atoms. The molecule has 0 saturated heterocycles. The lowest BCUT2D eigenvalue weighted by atomic mass is 9.76. The van der Waals surface area contributed by atoms with Crippen molar-refractivity contribution in [1.82, 2.24) is 0 Å². The zero-order valence-corrected chi connectivity index (χ0v) is 23.1. The highest BCUT2D eigenvalue weighted by Gasteiger charge is 2.26. The van der Waals surface area contributed by atoms with Gasteiger partial charge in [0.25, 0.3) is 0 Å². The van der Waals surface area contributed by atoms with E-state index in [2.05, 4.69) is 60.6 Å². The van der Waals surface area contributed by atoms with E-state index in [0.29, 0.717) is 17.4 Å². The van der Waals surface area contributed by atoms with Crippen LogP contribution in [0, 0.1) is 0 Å². The molecule has 2 nitrogen and oxygen atoms in total. The zero-order valence-electron chi connectivity index (χ0n) is 23.1. The maximum Gasteiger partial charge on any atom is 0.122 e. The Morgan fingerprint density at radius 2 is 0.971 bits per heavy atom. The van der Waals surface area contributed by atoms with Crippen molar-refractivity contribution in [1.29, 1.82) is 0 Å². The standard InChI is InChI=1S/C32H50O2/c1-8-15-18-27-24(13-6)31(33)22(11-4)20-29(27)26(17-10-3)30-21-23(12-5)32(34)25(14-7)28(30)19-16-9-2/h20-21,26,33-34H,8-19H2,1-7H3. The molecule has 0 fully saturated rings. The third-order valence-corrected chi connectivity index (χ3v) is 7.62. The highest BCUT2D eigenvalue weighted by molar-refractivity contribution is 5.57. The Balaban J connectivity index is 2.92. The van der Waals surface area contributed by atoms with Crippen LogP contribution in [0.5, 0.6) is 11.5 Å². The molecule has 0 amide bonds. The summed E-state index contributed by atoms with van der Waals surface area (Å²) in [5, 5.41) is 22.2. The minimum atomic E-state index is 0.302. The van der Waals surface area contributed by atoms with Crippen LogP contribution in [-0.4, -0.2) is 10.2 Å². The largest absolute Gasteiger partial charge is 0.507 e. The first kappa shape index (κ1) is 28.3. The highest BCUT2D eigenvalue weighted by atomic mass is 16.3. The average molecular weight is 467 g/mol. The number of phenols is 2. The van der Waals surface area contributed by atoms with Gasteiger partial charge in [-0.05, 0) is 102 Å². The minimum Gasteiger partial charge on any atom is -0.507 e. The second-order valence-corrected chi connectivity index (χ2v) is 9.82. The number of aryl methyl sites for hydroxylation is 2. The first-order chi connectivity index (χ1) is 16.4. The molecule has 2 N–H and O–H groups in total. The fraction of sp³-hybridized carbons (Fsp3) is 0.625. The summed E-state index contributed by atoms with van der Waals surface area (Å²) in [6.45, 7) is 15.4. The molecule has 0 aromatic heterocycles. The Bertz CT molecular complexity index is 852. The monoisotopic (exact) mass is 466 g/mol. The normalized spacial score (nSPS) is 11.5. The Kier molecular flexibility index (Phi) is 11.5. The zero-order chi connectivity index (χ0) is 25.3. The van der Waals surface area contributed by atoms with Gasteiger partial charge in [-0.3, -0.25) is 0 Å². The quantitative estimate of drug-likeness (QED) is 0.292. The molecule has 2 aromatic carbocycles. The lowest BCUT2D eigenvalue weighted by Crippen LogP contribution is -2.13. The molecule has 0 unspecified atom stereocenters. The van der Waals surface area contributed by atoms with E-state index in [1.807, 2.05) is 0 Å². The van der Waals surface area contributed by atoms with Crippen LogP contribution in [0.25, 0.3) is 0 Å². The summed E-state index contributed by atoms with van der Waals surface area (Å²) in [5.74, 6) is 1.35. The van der Waals surface area contributed by atoms with Crippen molar-refractivity contribution in [3.05, 3.63) is 56.6 Å². The number of phenolic OH excluding ortho intramolecular Hbond substituents is 2. The van der Waals surface area contributed by atoms with Gasteiger partial charge in [-0.25, -0.2) is 0 Å². The number of hydrogen-bond donors (Lipinski definition) is 2. The molecule has 0 aliphatic rings. The summed E-state index contributed by atoms with van der Waals surface area (Å²) in [6, 6.07) is 4.65. The van der Waals surface area contributed by atoms with Gasteiger partial charge < -0.3 is 10.2 Å². The lowest BCUT2D eigenvalue weighted by Gasteiger charge is -2.29. The summed E-state index contributed by atoms with van der Waals surface area (Å²) >= 11 is 0. The molecule has 2 heteroatoms. The molecule has 34 heavy (non-hydrogen) atoms. The van der Waals surface area contributed by atoms with Crippen LogP contribution >= 0.6 is 0 Å². The molecule has 0 saturated carbocycles. The van der Waals surface area contributed by atoms with Crippen molar-refractivity contribution >= 4 is 0 Å². The van der Waals surface area contributed by atoms with Gasteiger partial charge in [-0.2, -0.15) is 0 Å². The van der Waals surface area contributed by atoms with Crippen molar-refractivity contribution in [2.24, 2.45) is 0 Å². The molecule has 2 rings (SSSR count). The van der Waals surface area contributed by atoms with E-state index in [4.69, 9.17) is 0 Å². The van der Waals surface area contributed by atoms with Crippen molar-refractivity contribution in [2.75, 3.05) is 0 Å². The number of unbranched alkanes of at least 4 members (excludes halogenated alkanes) is 2. The van der Waals surface area contributed by atoms with Crippen LogP contribution in [0.1, 0.15) is 137 Å². The minimum absolute atomic E-state index is 0.302. The SMILES string of the molecule is CCCCc1c(C(CCC)c2cc(CC)c(O)c(CC)c2CCCC)cc(CC)c(O)c1CC. The first-order valence-electron chi connectivity index (χ1n) is 14.2. The van der Waals surface area contributed by atoms with Gasteiger partial charge in [0, 0.05) is 5.92 Å². The van der Waals surface area contributed by atoms with E-state index in [9.17, 15) is 10.2 Å². The van der Waals surface area contributed by atoms with Gasteiger partial charge in [0.05, 0.1) is 0 Å². The third kappa shape index (κ3) is 5.99. The topological polar surface area (TPSA) is 40.5 Å². The van der Waals surface area contributed by atoms with Gasteiger partial charge in [0.2, 0.25) is 0 Å². The van der Waals surface area contributed by atoms with Crippen molar-refractivity contribution in [3.63, 3.8) is 0 Å². The number of aromatic hydroxyl groups is 2. The molecule has 0 spiro atoms. The highest BCUT2D eigenvalue weighted by Crippen LogP contribution is 2.43. The van der Waals surface area contributed by atoms with Gasteiger partial charge >= 0.3 is 0 Å². The molecule has 0 aliphatic carbocycles. The third-order valence-electron chi connectivity index (χ3n) is 7.62. The number of rotatable bonds is 14. The molecule has 2 aromatic rings. The smallest absolute Gasteiger partial charge is 0.122 e. The molecule has 0 atom stereocenters. The molecule has 190 valence electrons. The predicted molar refractivity (Wildman–Crippen MR) is 148 cm³/mol. The fourth-order valence-corrected chi connectivity index (χ4v) is 5.70. The van der Waals surface area contributed by atoms with Crippen LogP contribution in [0.2, 0.25) is 0 Å². The fourth-order valence-electron chi connectivity index (χ4n) is 5.70. The van der Waals surface area contributed by atoms with Crippen LogP contribution in [-0.2, 0) is 38.5 Å². The van der Waals surface area contributed by atoms with Gasteiger partial charge in [0.1, 0.15) is 11.5 Å². The summed E-state index contributed by atoms with van der Waals surface area (Å²) in [4.78, 5) is 0. The molecular formula is C32H50O2. The second-order valence-electron chi connectivity index (χ2n) is 9.82. The maximum atomic E-state index is 11.1. The lowest BCUT2D eigenvalue weighted by molar-refractivity contribution is 0.459. The maximum absolute atomic E-state index is 11.1. The summed E-state index contributed by atoms with van der Waals surface area (Å²) in [7, 11) is 0. The molecule has 0 heterocycles. The predicted octanol–water partition coefficient (Wildman–Crippen LogP) is 8.96. The number of hydrogen-bond acceptors (Lipinski definition) is 2. The van der Waals surface area contributed by atoms with Crippen molar-refractivity contribution in [2.45, 2.75) is 131 Å². The van der Waals surface area contributed by atoms with Gasteiger partial charge in [0.15, 0.2) is 0 Å². The first-order valence-corrected chi connectivity index (χ1v) is 14.2. The van der Waals surface area contributed by atoms with E-state index in [1.54, 1.807) is 0 Å². The van der Waals surface area contributed by atoms with E-state index >= 15 is 0 Å². The van der Waals surface area contributed by atoms with E-state index in [-0.39, 0.29) is 0 Å². The molecular weight excluding hydrogens is 416 g/mol. The Hall–Kier alpha value is -1.96. The Morgan fingerprint density at radius 3 is 1.26 bits per heavy atom. The average Bonchev–Trinajstić information content (AvgIpc) is 2.85. The van der Waals surface area contributed by atoms with Crippen molar-refractivity contribution < 1.29 is 10.2 Å². The van der Waals surface area contributed by atoms with Crippen LogP contribution < -0.4 is 0 Å².